The lowest BCUT2D eigenvalue weighted by Gasteiger charge is -1.95. The van der Waals surface area contributed by atoms with Gasteiger partial charge in [0.25, 0.3) is 0 Å². The fraction of sp³-hybridized carbons (Fsp3) is 0. The molecule has 0 N–H and O–H groups in total. The van der Waals surface area contributed by atoms with E-state index in [-0.39, 0.29) is 0 Å². The lowest BCUT2D eigenvalue weighted by Crippen LogP contribution is -1.71. The number of hydrogen-bond donors (Lipinski definition) is 0. The van der Waals surface area contributed by atoms with E-state index in [0.29, 0.717) is 0 Å². The van der Waals surface area contributed by atoms with Gasteiger partial charge >= 0.3 is 0 Å². The Morgan fingerprint density at radius 1 is 1.13 bits per heavy atom. The largest absolute Gasteiger partial charge is 0.127 e. The molecule has 1 aromatic heterocycles. The molecule has 0 saturated carbocycles. The van der Waals surface area contributed by atoms with E-state index in [1.54, 1.807) is 11.3 Å². The van der Waals surface area contributed by atoms with Crippen molar-refractivity contribution in [3.63, 3.8) is 0 Å². The van der Waals surface area contributed by atoms with Gasteiger partial charge in [-0.2, -0.15) is 0 Å². The van der Waals surface area contributed by atoms with E-state index in [9.17, 15) is 0 Å². The first kappa shape index (κ1) is 10.9. The Hall–Kier alpha value is -0.570. The van der Waals surface area contributed by atoms with E-state index in [4.69, 9.17) is 11.6 Å². The zero-order chi connectivity index (χ0) is 10.7. The molecule has 0 bridgehead atoms. The van der Waals surface area contributed by atoms with Gasteiger partial charge in [0.15, 0.2) is 0 Å². The second-order valence-corrected chi connectivity index (χ2v) is 5.88. The van der Waals surface area contributed by atoms with Crippen LogP contribution in [0.2, 0.25) is 0 Å². The molecule has 0 spiro atoms. The lowest BCUT2D eigenvalue weighted by atomic mass is 10.2. The predicted octanol–water partition coefficient (Wildman–Crippen LogP) is 5.25. The molecule has 2 aromatic rings. The standard InChI is InChI=1S/C12H8BrClS/c13-12-7-6-11(15-12)10(14)8-9-4-2-1-3-5-9/h1-8H/b10-8-. The Labute approximate surface area is 106 Å². The van der Waals surface area contributed by atoms with Crippen molar-refractivity contribution in [1.29, 1.82) is 0 Å². The second-order valence-electron chi connectivity index (χ2n) is 3.01. The van der Waals surface area contributed by atoms with Crippen molar-refractivity contribution in [2.24, 2.45) is 0 Å². The van der Waals surface area contributed by atoms with Crippen molar-refractivity contribution in [3.05, 3.63) is 56.7 Å². The van der Waals surface area contributed by atoms with Gasteiger partial charge in [0.2, 0.25) is 0 Å². The number of rotatable bonds is 2. The Bertz CT molecular complexity index is 473. The summed E-state index contributed by atoms with van der Waals surface area (Å²) in [7, 11) is 0. The van der Waals surface area contributed by atoms with Crippen LogP contribution in [-0.4, -0.2) is 0 Å². The lowest BCUT2D eigenvalue weighted by molar-refractivity contribution is 1.66. The van der Waals surface area contributed by atoms with Crippen LogP contribution in [0.25, 0.3) is 11.1 Å². The molecule has 2 rings (SSSR count). The number of halogens is 2. The van der Waals surface area contributed by atoms with Crippen LogP contribution in [0, 0.1) is 0 Å². The monoisotopic (exact) mass is 298 g/mol. The molecule has 0 amide bonds. The number of benzene rings is 1. The van der Waals surface area contributed by atoms with E-state index in [1.165, 1.54) is 0 Å². The van der Waals surface area contributed by atoms with Crippen molar-refractivity contribution >= 4 is 50.0 Å². The molecular formula is C12H8BrClS. The highest BCUT2D eigenvalue weighted by Crippen LogP contribution is 2.31. The maximum Gasteiger partial charge on any atom is 0.0705 e. The van der Waals surface area contributed by atoms with E-state index < -0.39 is 0 Å². The fourth-order valence-electron chi connectivity index (χ4n) is 1.21. The first-order valence-electron chi connectivity index (χ1n) is 4.43. The molecule has 1 aromatic carbocycles. The molecule has 1 heterocycles. The summed E-state index contributed by atoms with van der Waals surface area (Å²) in [6.45, 7) is 0. The van der Waals surface area contributed by atoms with Crippen molar-refractivity contribution in [2.45, 2.75) is 0 Å². The zero-order valence-electron chi connectivity index (χ0n) is 7.78. The quantitative estimate of drug-likeness (QED) is 0.710. The summed E-state index contributed by atoms with van der Waals surface area (Å²) in [5, 5.41) is 0.775. The van der Waals surface area contributed by atoms with Crippen molar-refractivity contribution in [3.8, 4) is 0 Å². The molecule has 0 radical (unpaired) electrons. The summed E-state index contributed by atoms with van der Waals surface area (Å²) in [6.07, 6.45) is 1.97. The summed E-state index contributed by atoms with van der Waals surface area (Å²) in [4.78, 5) is 1.08. The van der Waals surface area contributed by atoms with Gasteiger partial charge in [-0.1, -0.05) is 41.9 Å². The van der Waals surface area contributed by atoms with E-state index in [1.807, 2.05) is 48.5 Å². The Morgan fingerprint density at radius 2 is 1.87 bits per heavy atom. The third-order valence-electron chi connectivity index (χ3n) is 1.90. The van der Waals surface area contributed by atoms with E-state index in [0.717, 1.165) is 19.3 Å². The Kier molecular flexibility index (Phi) is 3.62. The van der Waals surface area contributed by atoms with Crippen LogP contribution < -0.4 is 0 Å². The summed E-state index contributed by atoms with van der Waals surface area (Å²) < 4.78 is 1.09. The van der Waals surface area contributed by atoms with Gasteiger partial charge in [0.1, 0.15) is 0 Å². The number of hydrogen-bond acceptors (Lipinski definition) is 1. The van der Waals surface area contributed by atoms with Crippen molar-refractivity contribution in [1.82, 2.24) is 0 Å². The molecule has 0 saturated heterocycles. The predicted molar refractivity (Wildman–Crippen MR) is 72.2 cm³/mol. The molecule has 0 atom stereocenters. The fourth-order valence-corrected chi connectivity index (χ4v) is 2.81. The minimum absolute atomic E-state index is 0.775. The van der Waals surface area contributed by atoms with E-state index >= 15 is 0 Å². The Morgan fingerprint density at radius 3 is 2.47 bits per heavy atom. The topological polar surface area (TPSA) is 0 Å². The molecule has 0 aliphatic heterocycles. The summed E-state index contributed by atoms with van der Waals surface area (Å²) in [5.41, 5.74) is 1.12. The highest BCUT2D eigenvalue weighted by molar-refractivity contribution is 9.11. The maximum absolute atomic E-state index is 6.20. The highest BCUT2D eigenvalue weighted by Gasteiger charge is 2.01. The molecule has 0 fully saturated rings. The first-order chi connectivity index (χ1) is 7.25. The SMILES string of the molecule is Cl/C(=C\c1ccccc1)c1ccc(Br)s1. The van der Waals surface area contributed by atoms with Gasteiger partial charge < -0.3 is 0 Å². The van der Waals surface area contributed by atoms with E-state index in [2.05, 4.69) is 15.9 Å². The van der Waals surface area contributed by atoms with Gasteiger partial charge in [0, 0.05) is 4.88 Å². The van der Waals surface area contributed by atoms with Gasteiger partial charge in [-0.3, -0.25) is 0 Å². The third-order valence-corrected chi connectivity index (χ3v) is 3.98. The molecule has 0 aliphatic rings. The van der Waals surface area contributed by atoms with Crippen LogP contribution in [0.5, 0.6) is 0 Å². The van der Waals surface area contributed by atoms with Gasteiger partial charge in [0.05, 0.1) is 8.82 Å². The molecule has 3 heteroatoms. The smallest absolute Gasteiger partial charge is 0.0705 e. The molecular weight excluding hydrogens is 292 g/mol. The Balaban J connectivity index is 2.28. The van der Waals surface area contributed by atoms with Crippen LogP contribution in [0.1, 0.15) is 10.4 Å². The van der Waals surface area contributed by atoms with Crippen molar-refractivity contribution < 1.29 is 0 Å². The summed E-state index contributed by atoms with van der Waals surface area (Å²) in [6, 6.07) is 14.1. The second kappa shape index (κ2) is 4.97. The van der Waals surface area contributed by atoms with Crippen molar-refractivity contribution in [2.75, 3.05) is 0 Å². The average molecular weight is 300 g/mol. The normalized spacial score (nSPS) is 11.7. The van der Waals surface area contributed by atoms with Crippen LogP contribution in [0.4, 0.5) is 0 Å². The maximum atomic E-state index is 6.20. The first-order valence-corrected chi connectivity index (χ1v) is 6.42. The third kappa shape index (κ3) is 2.94. The average Bonchev–Trinajstić information content (AvgIpc) is 2.66. The molecule has 76 valence electrons. The van der Waals surface area contributed by atoms with Crippen LogP contribution in [-0.2, 0) is 0 Å². The summed E-state index contributed by atoms with van der Waals surface area (Å²) in [5.74, 6) is 0. The zero-order valence-corrected chi connectivity index (χ0v) is 10.9. The van der Waals surface area contributed by atoms with Crippen LogP contribution >= 0.6 is 38.9 Å². The minimum atomic E-state index is 0.775. The number of thiophene rings is 1. The minimum Gasteiger partial charge on any atom is -0.127 e. The van der Waals surface area contributed by atoms with Crippen LogP contribution in [0.15, 0.2) is 46.3 Å². The molecule has 0 aliphatic carbocycles. The van der Waals surface area contributed by atoms with Gasteiger partial charge in [-0.15, -0.1) is 11.3 Å². The summed E-state index contributed by atoms with van der Waals surface area (Å²) >= 11 is 11.3. The van der Waals surface area contributed by atoms with Gasteiger partial charge in [-0.25, -0.2) is 0 Å². The highest BCUT2D eigenvalue weighted by atomic mass is 79.9. The van der Waals surface area contributed by atoms with Crippen LogP contribution in [0.3, 0.4) is 0 Å². The molecule has 0 unspecified atom stereocenters. The molecule has 0 nitrogen and oxygen atoms in total. The molecule has 15 heavy (non-hydrogen) atoms. The van der Waals surface area contributed by atoms with Gasteiger partial charge in [-0.05, 0) is 39.7 Å².